The molecule has 0 atom stereocenters. The number of rotatable bonds is 7. The molecule has 0 fully saturated rings. The molecule has 0 spiro atoms. The van der Waals surface area contributed by atoms with E-state index < -0.39 is 36.7 Å². The largest absolute Gasteiger partial charge is 0.466 e. The number of carbonyl (C=O) groups is 2. The van der Waals surface area contributed by atoms with Crippen LogP contribution in [0.5, 0.6) is 0 Å². The summed E-state index contributed by atoms with van der Waals surface area (Å²) in [6, 6.07) is 3.81. The van der Waals surface area contributed by atoms with Crippen molar-refractivity contribution in [3.63, 3.8) is 0 Å². The molecule has 0 aromatic heterocycles. The Morgan fingerprint density at radius 1 is 1.22 bits per heavy atom. The number of carbonyl (C=O) groups excluding carboxylic acids is 2. The van der Waals surface area contributed by atoms with Crippen molar-refractivity contribution >= 4 is 17.6 Å². The Morgan fingerprint density at radius 2 is 1.91 bits per heavy atom. The lowest BCUT2D eigenvalue weighted by atomic mass is 10.1. The summed E-state index contributed by atoms with van der Waals surface area (Å²) >= 11 is 0. The highest BCUT2D eigenvalue weighted by Crippen LogP contribution is 2.22. The van der Waals surface area contributed by atoms with Crippen LogP contribution in [0.1, 0.15) is 31.7 Å². The molecule has 0 saturated heterocycles. The van der Waals surface area contributed by atoms with Crippen molar-refractivity contribution in [2.75, 3.05) is 11.9 Å². The summed E-state index contributed by atoms with van der Waals surface area (Å²) in [5.74, 6) is -2.10. The molecule has 1 N–H and O–H groups in total. The summed E-state index contributed by atoms with van der Waals surface area (Å²) in [4.78, 5) is 22.7. The van der Waals surface area contributed by atoms with Gasteiger partial charge < -0.3 is 10.1 Å². The summed E-state index contributed by atoms with van der Waals surface area (Å²) in [6.07, 6.45) is -6.15. The first kappa shape index (κ1) is 18.9. The molecule has 1 aromatic rings. The number of hydrogen-bond acceptors (Lipinski definition) is 3. The molecule has 0 aliphatic carbocycles. The Balaban J connectivity index is 2.63. The average Bonchev–Trinajstić information content (AvgIpc) is 2.45. The van der Waals surface area contributed by atoms with Gasteiger partial charge in [0.15, 0.2) is 0 Å². The Kier molecular flexibility index (Phi) is 6.99. The third-order valence-electron chi connectivity index (χ3n) is 2.86. The number of halogens is 4. The predicted molar refractivity (Wildman–Crippen MR) is 75.3 cm³/mol. The number of alkyl halides is 3. The van der Waals surface area contributed by atoms with Crippen LogP contribution in [-0.2, 0) is 20.7 Å². The van der Waals surface area contributed by atoms with E-state index in [1.807, 2.05) is 0 Å². The van der Waals surface area contributed by atoms with E-state index in [0.717, 1.165) is 6.07 Å². The topological polar surface area (TPSA) is 55.4 Å². The Labute approximate surface area is 130 Å². The van der Waals surface area contributed by atoms with E-state index in [1.54, 1.807) is 6.92 Å². The Hall–Kier alpha value is -2.12. The normalized spacial score (nSPS) is 11.2. The number of ether oxygens (including phenoxy) is 1. The van der Waals surface area contributed by atoms with Gasteiger partial charge in [0.25, 0.3) is 0 Å². The first-order valence-corrected chi connectivity index (χ1v) is 7.02. The molecular weight excluding hydrogens is 318 g/mol. The minimum absolute atomic E-state index is 0.0843. The van der Waals surface area contributed by atoms with Gasteiger partial charge in [0.05, 0.1) is 18.7 Å². The van der Waals surface area contributed by atoms with Gasteiger partial charge in [-0.25, -0.2) is 4.39 Å². The van der Waals surface area contributed by atoms with E-state index in [-0.39, 0.29) is 25.1 Å². The van der Waals surface area contributed by atoms with Crippen molar-refractivity contribution in [2.45, 2.75) is 38.8 Å². The maximum atomic E-state index is 13.6. The highest BCUT2D eigenvalue weighted by Gasteiger charge is 2.28. The fourth-order valence-corrected chi connectivity index (χ4v) is 1.77. The zero-order valence-corrected chi connectivity index (χ0v) is 12.5. The van der Waals surface area contributed by atoms with Crippen LogP contribution in [0, 0.1) is 5.82 Å². The van der Waals surface area contributed by atoms with Gasteiger partial charge in [-0.3, -0.25) is 9.59 Å². The molecule has 4 nitrogen and oxygen atoms in total. The smallest absolute Gasteiger partial charge is 0.389 e. The van der Waals surface area contributed by atoms with Crippen LogP contribution in [0.4, 0.5) is 23.2 Å². The number of anilines is 1. The van der Waals surface area contributed by atoms with Crippen LogP contribution in [0.15, 0.2) is 18.2 Å². The fraction of sp³-hybridized carbons (Fsp3) is 0.467. The van der Waals surface area contributed by atoms with Gasteiger partial charge in [0, 0.05) is 12.8 Å². The van der Waals surface area contributed by atoms with Crippen molar-refractivity contribution in [1.82, 2.24) is 0 Å². The van der Waals surface area contributed by atoms with Gasteiger partial charge in [-0.05, 0) is 31.0 Å². The predicted octanol–water partition coefficient (Wildman–Crippen LogP) is 3.60. The molecule has 23 heavy (non-hydrogen) atoms. The second kappa shape index (κ2) is 8.50. The third kappa shape index (κ3) is 7.62. The van der Waals surface area contributed by atoms with Crippen molar-refractivity contribution in [3.8, 4) is 0 Å². The third-order valence-corrected chi connectivity index (χ3v) is 2.86. The first-order chi connectivity index (χ1) is 10.7. The highest BCUT2D eigenvalue weighted by molar-refractivity contribution is 5.90. The van der Waals surface area contributed by atoms with E-state index in [2.05, 4.69) is 5.32 Å². The Morgan fingerprint density at radius 3 is 2.52 bits per heavy atom. The molecule has 0 saturated carbocycles. The first-order valence-electron chi connectivity index (χ1n) is 7.02. The standard InChI is InChI=1S/C15H17F4NO3/c1-2-23-14(22)6-4-10-3-5-11(16)12(9-10)20-13(21)7-8-15(17,18)19/h3,5,9H,2,4,6-8H2,1H3,(H,20,21). The molecule has 0 aliphatic heterocycles. The maximum absolute atomic E-state index is 13.6. The second-order valence-corrected chi connectivity index (χ2v) is 4.78. The van der Waals surface area contributed by atoms with Gasteiger partial charge in [-0.15, -0.1) is 0 Å². The quantitative estimate of drug-likeness (QED) is 0.612. The van der Waals surface area contributed by atoms with E-state index in [1.165, 1.54) is 12.1 Å². The number of nitrogens with one attached hydrogen (secondary N) is 1. The van der Waals surface area contributed by atoms with Crippen molar-refractivity contribution < 1.29 is 31.9 Å². The monoisotopic (exact) mass is 335 g/mol. The number of aryl methyl sites for hydroxylation is 1. The van der Waals surface area contributed by atoms with Crippen LogP contribution in [0.25, 0.3) is 0 Å². The van der Waals surface area contributed by atoms with Gasteiger partial charge in [-0.2, -0.15) is 13.2 Å². The lowest BCUT2D eigenvalue weighted by molar-refractivity contribution is -0.143. The zero-order valence-electron chi connectivity index (χ0n) is 12.5. The SMILES string of the molecule is CCOC(=O)CCc1ccc(F)c(NC(=O)CCC(F)(F)F)c1. The van der Waals surface area contributed by atoms with E-state index >= 15 is 0 Å². The minimum Gasteiger partial charge on any atom is -0.466 e. The molecule has 8 heteroatoms. The molecule has 1 rings (SSSR count). The van der Waals surface area contributed by atoms with Gasteiger partial charge in [0.2, 0.25) is 5.91 Å². The van der Waals surface area contributed by atoms with Crippen LogP contribution < -0.4 is 5.32 Å². The molecule has 0 unspecified atom stereocenters. The molecule has 128 valence electrons. The molecule has 1 aromatic carbocycles. The van der Waals surface area contributed by atoms with E-state index in [9.17, 15) is 27.2 Å². The second-order valence-electron chi connectivity index (χ2n) is 4.78. The summed E-state index contributed by atoms with van der Waals surface area (Å²) in [6.45, 7) is 1.92. The van der Waals surface area contributed by atoms with Crippen LogP contribution in [-0.4, -0.2) is 24.7 Å². The van der Waals surface area contributed by atoms with Crippen molar-refractivity contribution in [1.29, 1.82) is 0 Å². The number of hydrogen-bond donors (Lipinski definition) is 1. The summed E-state index contributed by atoms with van der Waals surface area (Å²) in [7, 11) is 0. The van der Waals surface area contributed by atoms with Crippen LogP contribution in [0.3, 0.4) is 0 Å². The average molecular weight is 335 g/mol. The highest BCUT2D eigenvalue weighted by atomic mass is 19.4. The molecule has 0 bridgehead atoms. The number of amides is 1. The van der Waals surface area contributed by atoms with Crippen LogP contribution in [0.2, 0.25) is 0 Å². The summed E-state index contributed by atoms with van der Waals surface area (Å²) in [5, 5.41) is 2.11. The van der Waals surface area contributed by atoms with E-state index in [4.69, 9.17) is 4.74 Å². The van der Waals surface area contributed by atoms with Gasteiger partial charge >= 0.3 is 12.1 Å². The van der Waals surface area contributed by atoms with Gasteiger partial charge in [0.1, 0.15) is 5.82 Å². The molecule has 0 radical (unpaired) electrons. The van der Waals surface area contributed by atoms with Crippen LogP contribution >= 0.6 is 0 Å². The zero-order chi connectivity index (χ0) is 17.5. The summed E-state index contributed by atoms with van der Waals surface area (Å²) in [5.41, 5.74) is 0.351. The van der Waals surface area contributed by atoms with Crippen molar-refractivity contribution in [2.24, 2.45) is 0 Å². The summed E-state index contributed by atoms with van der Waals surface area (Å²) < 4.78 is 54.5. The number of esters is 1. The van der Waals surface area contributed by atoms with Gasteiger partial charge in [-0.1, -0.05) is 6.07 Å². The molecule has 0 heterocycles. The minimum atomic E-state index is -4.45. The lowest BCUT2D eigenvalue weighted by Crippen LogP contribution is -2.17. The molecule has 0 aliphatic rings. The lowest BCUT2D eigenvalue weighted by Gasteiger charge is -2.10. The van der Waals surface area contributed by atoms with Crippen molar-refractivity contribution in [3.05, 3.63) is 29.6 Å². The van der Waals surface area contributed by atoms with E-state index in [0.29, 0.717) is 5.56 Å². The molecular formula is C15H17F4NO3. The molecule has 1 amide bonds. The number of benzene rings is 1. The maximum Gasteiger partial charge on any atom is 0.389 e. The Bertz CT molecular complexity index is 558. The fourth-order valence-electron chi connectivity index (χ4n) is 1.77.